The molecule has 0 spiro atoms. The van der Waals surface area contributed by atoms with Crippen molar-refractivity contribution in [1.82, 2.24) is 4.98 Å². The minimum atomic E-state index is -0.245. The summed E-state index contributed by atoms with van der Waals surface area (Å²) in [5, 5.41) is 7.21. The van der Waals surface area contributed by atoms with Crippen LogP contribution in [0.25, 0.3) is 0 Å². The molecule has 104 valence electrons. The highest BCUT2D eigenvalue weighted by Crippen LogP contribution is 2.15. The smallest absolute Gasteiger partial charge is 0.275 e. The minimum absolute atomic E-state index is 0.0377. The standard InChI is InChI=1S/C14H15N3O2S/c1-9(2)13(18)16-10-3-5-11(6-4-10)17-14(19)12-7-20-8-15-12/h3-9H,1-2H3,(H,16,18)(H,17,19). The molecule has 5 nitrogen and oxygen atoms in total. The molecule has 0 aliphatic rings. The Labute approximate surface area is 121 Å². The zero-order valence-corrected chi connectivity index (χ0v) is 12.0. The van der Waals surface area contributed by atoms with Gasteiger partial charge in [0, 0.05) is 22.7 Å². The second kappa shape index (κ2) is 6.29. The summed E-state index contributed by atoms with van der Waals surface area (Å²) >= 11 is 1.37. The molecule has 0 aliphatic heterocycles. The molecule has 20 heavy (non-hydrogen) atoms. The lowest BCUT2D eigenvalue weighted by Crippen LogP contribution is -2.17. The summed E-state index contributed by atoms with van der Waals surface area (Å²) in [6, 6.07) is 6.97. The fourth-order valence-corrected chi connectivity index (χ4v) is 1.98. The molecule has 1 aromatic carbocycles. The van der Waals surface area contributed by atoms with Gasteiger partial charge in [-0.05, 0) is 24.3 Å². The summed E-state index contributed by atoms with van der Waals surface area (Å²) in [7, 11) is 0. The maximum atomic E-state index is 11.8. The largest absolute Gasteiger partial charge is 0.326 e. The van der Waals surface area contributed by atoms with Crippen molar-refractivity contribution in [3.63, 3.8) is 0 Å². The van der Waals surface area contributed by atoms with Crippen LogP contribution in [0, 0.1) is 5.92 Å². The van der Waals surface area contributed by atoms with E-state index >= 15 is 0 Å². The molecule has 0 aliphatic carbocycles. The van der Waals surface area contributed by atoms with Crippen molar-refractivity contribution in [1.29, 1.82) is 0 Å². The van der Waals surface area contributed by atoms with Gasteiger partial charge in [0.1, 0.15) is 5.69 Å². The third kappa shape index (κ3) is 3.64. The van der Waals surface area contributed by atoms with Crippen LogP contribution in [-0.2, 0) is 4.79 Å². The highest BCUT2D eigenvalue weighted by molar-refractivity contribution is 7.07. The van der Waals surface area contributed by atoms with Crippen LogP contribution in [0.4, 0.5) is 11.4 Å². The molecular weight excluding hydrogens is 274 g/mol. The minimum Gasteiger partial charge on any atom is -0.326 e. The number of aromatic nitrogens is 1. The van der Waals surface area contributed by atoms with E-state index in [9.17, 15) is 9.59 Å². The van der Waals surface area contributed by atoms with Crippen molar-refractivity contribution < 1.29 is 9.59 Å². The van der Waals surface area contributed by atoms with Gasteiger partial charge in [-0.1, -0.05) is 13.8 Å². The summed E-state index contributed by atoms with van der Waals surface area (Å²) < 4.78 is 0. The molecule has 0 radical (unpaired) electrons. The maximum absolute atomic E-state index is 11.8. The quantitative estimate of drug-likeness (QED) is 0.909. The Morgan fingerprint density at radius 2 is 1.70 bits per heavy atom. The number of benzene rings is 1. The lowest BCUT2D eigenvalue weighted by Gasteiger charge is -2.08. The molecule has 0 saturated carbocycles. The fraction of sp³-hybridized carbons (Fsp3) is 0.214. The number of nitrogens with one attached hydrogen (secondary N) is 2. The van der Waals surface area contributed by atoms with E-state index in [0.717, 1.165) is 0 Å². The normalized spacial score (nSPS) is 10.3. The van der Waals surface area contributed by atoms with Crippen molar-refractivity contribution in [2.24, 2.45) is 5.92 Å². The fourth-order valence-electron chi connectivity index (χ4n) is 1.44. The second-order valence-corrected chi connectivity index (χ2v) is 5.27. The van der Waals surface area contributed by atoms with Crippen molar-refractivity contribution >= 4 is 34.5 Å². The van der Waals surface area contributed by atoms with Gasteiger partial charge in [-0.25, -0.2) is 4.98 Å². The average Bonchev–Trinajstić information content (AvgIpc) is 2.95. The molecule has 0 fully saturated rings. The monoisotopic (exact) mass is 289 g/mol. The van der Waals surface area contributed by atoms with Crippen molar-refractivity contribution in [2.45, 2.75) is 13.8 Å². The van der Waals surface area contributed by atoms with E-state index in [1.54, 1.807) is 35.2 Å². The predicted molar refractivity (Wildman–Crippen MR) is 80.0 cm³/mol. The van der Waals surface area contributed by atoms with Gasteiger partial charge in [-0.3, -0.25) is 9.59 Å². The number of amides is 2. The Balaban J connectivity index is 1.98. The van der Waals surface area contributed by atoms with Crippen LogP contribution < -0.4 is 10.6 Å². The first-order valence-electron chi connectivity index (χ1n) is 6.16. The van der Waals surface area contributed by atoms with Gasteiger partial charge in [0.2, 0.25) is 5.91 Å². The molecule has 1 aromatic heterocycles. The molecular formula is C14H15N3O2S. The van der Waals surface area contributed by atoms with Crippen molar-refractivity contribution in [3.05, 3.63) is 40.8 Å². The van der Waals surface area contributed by atoms with Gasteiger partial charge in [-0.15, -0.1) is 11.3 Å². The molecule has 2 N–H and O–H groups in total. The highest BCUT2D eigenvalue weighted by Gasteiger charge is 2.09. The lowest BCUT2D eigenvalue weighted by atomic mass is 10.2. The molecule has 0 unspecified atom stereocenters. The third-order valence-corrected chi connectivity index (χ3v) is 3.19. The Morgan fingerprint density at radius 3 is 2.20 bits per heavy atom. The van der Waals surface area contributed by atoms with Gasteiger partial charge < -0.3 is 10.6 Å². The van der Waals surface area contributed by atoms with E-state index < -0.39 is 0 Å². The highest BCUT2D eigenvalue weighted by atomic mass is 32.1. The van der Waals surface area contributed by atoms with Gasteiger partial charge in [0.25, 0.3) is 5.91 Å². The second-order valence-electron chi connectivity index (χ2n) is 4.55. The Hall–Kier alpha value is -2.21. The van der Waals surface area contributed by atoms with Gasteiger partial charge in [0.05, 0.1) is 5.51 Å². The first kappa shape index (κ1) is 14.2. The number of hydrogen-bond donors (Lipinski definition) is 2. The summed E-state index contributed by atoms with van der Waals surface area (Å²) in [5.41, 5.74) is 3.37. The molecule has 2 amide bonds. The van der Waals surface area contributed by atoms with Crippen LogP contribution in [0.15, 0.2) is 35.2 Å². The Bertz CT molecular complexity index is 591. The number of rotatable bonds is 4. The molecule has 0 bridgehead atoms. The SMILES string of the molecule is CC(C)C(=O)Nc1ccc(NC(=O)c2cscn2)cc1. The van der Waals surface area contributed by atoms with Crippen LogP contribution in [0.1, 0.15) is 24.3 Å². The van der Waals surface area contributed by atoms with Crippen molar-refractivity contribution in [2.75, 3.05) is 10.6 Å². The van der Waals surface area contributed by atoms with E-state index in [1.165, 1.54) is 11.3 Å². The van der Waals surface area contributed by atoms with Crippen molar-refractivity contribution in [3.8, 4) is 0 Å². The van der Waals surface area contributed by atoms with E-state index in [-0.39, 0.29) is 17.7 Å². The zero-order chi connectivity index (χ0) is 14.5. The number of carbonyl (C=O) groups is 2. The topological polar surface area (TPSA) is 71.1 Å². The Morgan fingerprint density at radius 1 is 1.10 bits per heavy atom. The molecule has 2 aromatic rings. The first-order valence-corrected chi connectivity index (χ1v) is 7.11. The lowest BCUT2D eigenvalue weighted by molar-refractivity contribution is -0.118. The number of hydrogen-bond acceptors (Lipinski definition) is 4. The summed E-state index contributed by atoms with van der Waals surface area (Å²) in [6.07, 6.45) is 0. The van der Waals surface area contributed by atoms with Gasteiger partial charge in [0.15, 0.2) is 0 Å². The van der Waals surface area contributed by atoms with Gasteiger partial charge in [-0.2, -0.15) is 0 Å². The molecule has 0 saturated heterocycles. The predicted octanol–water partition coefficient (Wildman–Crippen LogP) is 2.99. The number of carbonyl (C=O) groups excluding carboxylic acids is 2. The number of anilines is 2. The first-order chi connectivity index (χ1) is 9.56. The summed E-state index contributed by atoms with van der Waals surface area (Å²) in [5.74, 6) is -0.353. The van der Waals surface area contributed by atoms with Crippen LogP contribution in [0.2, 0.25) is 0 Å². The molecule has 0 atom stereocenters. The maximum Gasteiger partial charge on any atom is 0.275 e. The molecule has 1 heterocycles. The molecule has 2 rings (SSSR count). The average molecular weight is 289 g/mol. The van der Waals surface area contributed by atoms with E-state index in [1.807, 2.05) is 13.8 Å². The summed E-state index contributed by atoms with van der Waals surface area (Å²) in [6.45, 7) is 3.66. The van der Waals surface area contributed by atoms with E-state index in [4.69, 9.17) is 0 Å². The summed E-state index contributed by atoms with van der Waals surface area (Å²) in [4.78, 5) is 27.3. The number of thiazole rings is 1. The van der Waals surface area contributed by atoms with Crippen LogP contribution in [0.5, 0.6) is 0 Å². The van der Waals surface area contributed by atoms with E-state index in [2.05, 4.69) is 15.6 Å². The third-order valence-electron chi connectivity index (χ3n) is 2.60. The van der Waals surface area contributed by atoms with Crippen LogP contribution in [-0.4, -0.2) is 16.8 Å². The van der Waals surface area contributed by atoms with E-state index in [0.29, 0.717) is 17.1 Å². The van der Waals surface area contributed by atoms with Gasteiger partial charge >= 0.3 is 0 Å². The number of nitrogens with zero attached hydrogens (tertiary/aromatic N) is 1. The molecule has 6 heteroatoms. The zero-order valence-electron chi connectivity index (χ0n) is 11.2. The van der Waals surface area contributed by atoms with Crippen LogP contribution in [0.3, 0.4) is 0 Å². The van der Waals surface area contributed by atoms with Crippen LogP contribution >= 0.6 is 11.3 Å². The Kier molecular flexibility index (Phi) is 4.47.